The number of H-pyrrole nitrogens is 1. The summed E-state index contributed by atoms with van der Waals surface area (Å²) in [5.41, 5.74) is 0.946. The van der Waals surface area contributed by atoms with Crippen LogP contribution >= 0.6 is 0 Å². The highest BCUT2D eigenvalue weighted by Crippen LogP contribution is 2.17. The first kappa shape index (κ1) is 11.9. The number of hydrogen-bond donors (Lipinski definition) is 2. The number of rotatable bonds is 2. The van der Waals surface area contributed by atoms with Crippen LogP contribution in [0.2, 0.25) is 0 Å². The van der Waals surface area contributed by atoms with Crippen molar-refractivity contribution in [2.45, 2.75) is 45.1 Å². The fraction of sp³-hybridized carbons (Fsp3) is 0.538. The third-order valence-corrected chi connectivity index (χ3v) is 3.18. The lowest BCUT2D eigenvalue weighted by atomic mass is 9.95. The Balaban J connectivity index is 2.05. The van der Waals surface area contributed by atoms with E-state index in [4.69, 9.17) is 0 Å². The van der Waals surface area contributed by atoms with Crippen LogP contribution in [0, 0.1) is 6.92 Å². The highest BCUT2D eigenvalue weighted by molar-refractivity contribution is 5.94. The highest BCUT2D eigenvalue weighted by Gasteiger charge is 2.16. The summed E-state index contributed by atoms with van der Waals surface area (Å²) in [5.74, 6) is -0.133. The van der Waals surface area contributed by atoms with Crippen LogP contribution in [0.25, 0.3) is 0 Å². The van der Waals surface area contributed by atoms with Crippen molar-refractivity contribution in [2.24, 2.45) is 0 Å². The molecule has 1 saturated carbocycles. The second kappa shape index (κ2) is 5.17. The zero-order chi connectivity index (χ0) is 12.3. The predicted octanol–water partition coefficient (Wildman–Crippen LogP) is 1.75. The molecule has 0 saturated heterocycles. The minimum absolute atomic E-state index is 0.133. The molecule has 1 amide bonds. The quantitative estimate of drug-likeness (QED) is 0.818. The Morgan fingerprint density at radius 1 is 1.29 bits per heavy atom. The van der Waals surface area contributed by atoms with Gasteiger partial charge < -0.3 is 10.3 Å². The molecule has 17 heavy (non-hydrogen) atoms. The third-order valence-electron chi connectivity index (χ3n) is 3.18. The SMILES string of the molecule is Cc1cc(C(=O)NC2CCCCC2)cc(=O)[nH]1. The summed E-state index contributed by atoms with van der Waals surface area (Å²) in [6.45, 7) is 1.78. The van der Waals surface area contributed by atoms with Gasteiger partial charge in [-0.15, -0.1) is 0 Å². The monoisotopic (exact) mass is 234 g/mol. The van der Waals surface area contributed by atoms with Crippen LogP contribution in [0.15, 0.2) is 16.9 Å². The second-order valence-electron chi connectivity index (χ2n) is 4.72. The maximum Gasteiger partial charge on any atom is 0.251 e. The summed E-state index contributed by atoms with van der Waals surface area (Å²) in [5, 5.41) is 3.00. The van der Waals surface area contributed by atoms with E-state index in [1.807, 2.05) is 0 Å². The summed E-state index contributed by atoms with van der Waals surface area (Å²) in [6, 6.07) is 3.33. The summed E-state index contributed by atoms with van der Waals surface area (Å²) >= 11 is 0. The van der Waals surface area contributed by atoms with E-state index in [1.165, 1.54) is 25.3 Å². The molecule has 2 N–H and O–H groups in total. The predicted molar refractivity (Wildman–Crippen MR) is 66.1 cm³/mol. The molecule has 0 spiro atoms. The minimum Gasteiger partial charge on any atom is -0.349 e. The average Bonchev–Trinajstić information content (AvgIpc) is 2.29. The van der Waals surface area contributed by atoms with Gasteiger partial charge in [-0.3, -0.25) is 9.59 Å². The Kier molecular flexibility index (Phi) is 3.61. The van der Waals surface area contributed by atoms with E-state index in [0.29, 0.717) is 11.3 Å². The number of hydrogen-bond acceptors (Lipinski definition) is 2. The van der Waals surface area contributed by atoms with Crippen molar-refractivity contribution in [1.82, 2.24) is 10.3 Å². The molecule has 1 aromatic rings. The number of carbonyl (C=O) groups is 1. The van der Waals surface area contributed by atoms with Crippen LogP contribution in [-0.4, -0.2) is 16.9 Å². The highest BCUT2D eigenvalue weighted by atomic mass is 16.2. The van der Waals surface area contributed by atoms with Crippen LogP contribution in [-0.2, 0) is 0 Å². The number of pyridine rings is 1. The molecule has 1 heterocycles. The van der Waals surface area contributed by atoms with Crippen LogP contribution in [0.1, 0.15) is 48.2 Å². The van der Waals surface area contributed by atoms with Gasteiger partial charge in [0.1, 0.15) is 0 Å². The normalized spacial score (nSPS) is 16.8. The largest absolute Gasteiger partial charge is 0.349 e. The summed E-state index contributed by atoms with van der Waals surface area (Å²) in [6.07, 6.45) is 5.72. The second-order valence-corrected chi connectivity index (χ2v) is 4.72. The number of aromatic nitrogens is 1. The van der Waals surface area contributed by atoms with E-state index < -0.39 is 0 Å². The molecule has 0 atom stereocenters. The topological polar surface area (TPSA) is 62.0 Å². The summed E-state index contributed by atoms with van der Waals surface area (Å²) < 4.78 is 0. The van der Waals surface area contributed by atoms with E-state index in [1.54, 1.807) is 13.0 Å². The lowest BCUT2D eigenvalue weighted by Crippen LogP contribution is -2.36. The Hall–Kier alpha value is -1.58. The average molecular weight is 234 g/mol. The van der Waals surface area contributed by atoms with Crippen LogP contribution in [0.3, 0.4) is 0 Å². The smallest absolute Gasteiger partial charge is 0.251 e. The van der Waals surface area contributed by atoms with Crippen LogP contribution in [0.4, 0.5) is 0 Å². The molecule has 0 unspecified atom stereocenters. The van der Waals surface area contributed by atoms with Gasteiger partial charge in [0.15, 0.2) is 0 Å². The van der Waals surface area contributed by atoms with Gasteiger partial charge in [-0.05, 0) is 25.8 Å². The van der Waals surface area contributed by atoms with Gasteiger partial charge in [-0.2, -0.15) is 0 Å². The standard InChI is InChI=1S/C13H18N2O2/c1-9-7-10(8-12(16)14-9)13(17)15-11-5-3-2-4-6-11/h7-8,11H,2-6H2,1H3,(H,14,16)(H,15,17). The Bertz CT molecular complexity index is 459. The number of nitrogens with one attached hydrogen (secondary N) is 2. The molecule has 92 valence electrons. The van der Waals surface area contributed by atoms with Gasteiger partial charge in [0.25, 0.3) is 5.91 Å². The Morgan fingerprint density at radius 3 is 2.65 bits per heavy atom. The van der Waals surface area contributed by atoms with Crippen molar-refractivity contribution in [2.75, 3.05) is 0 Å². The molecule has 1 aliphatic rings. The van der Waals surface area contributed by atoms with Gasteiger partial charge in [0, 0.05) is 23.4 Å². The zero-order valence-corrected chi connectivity index (χ0v) is 10.1. The van der Waals surface area contributed by atoms with E-state index in [-0.39, 0.29) is 17.5 Å². The van der Waals surface area contributed by atoms with Crippen molar-refractivity contribution >= 4 is 5.91 Å². The van der Waals surface area contributed by atoms with Gasteiger partial charge in [-0.25, -0.2) is 0 Å². The maximum atomic E-state index is 12.0. The molecule has 1 fully saturated rings. The van der Waals surface area contributed by atoms with Gasteiger partial charge in [0.2, 0.25) is 5.56 Å². The number of aryl methyl sites for hydroxylation is 1. The van der Waals surface area contributed by atoms with Gasteiger partial charge in [0.05, 0.1) is 0 Å². The van der Waals surface area contributed by atoms with E-state index in [0.717, 1.165) is 12.8 Å². The van der Waals surface area contributed by atoms with Crippen molar-refractivity contribution in [1.29, 1.82) is 0 Å². The molecule has 1 aromatic heterocycles. The van der Waals surface area contributed by atoms with Crippen molar-refractivity contribution in [3.63, 3.8) is 0 Å². The van der Waals surface area contributed by atoms with Gasteiger partial charge in [-0.1, -0.05) is 19.3 Å². The molecule has 4 nitrogen and oxygen atoms in total. The molecule has 4 heteroatoms. The maximum absolute atomic E-state index is 12.0. The molecule has 0 radical (unpaired) electrons. The molecule has 0 bridgehead atoms. The van der Waals surface area contributed by atoms with Crippen molar-refractivity contribution in [3.05, 3.63) is 33.7 Å². The molecule has 0 aliphatic heterocycles. The lowest BCUT2D eigenvalue weighted by Gasteiger charge is -2.22. The molecule has 0 aromatic carbocycles. The van der Waals surface area contributed by atoms with E-state index in [2.05, 4.69) is 10.3 Å². The van der Waals surface area contributed by atoms with Gasteiger partial charge >= 0.3 is 0 Å². The first-order chi connectivity index (χ1) is 8.15. The van der Waals surface area contributed by atoms with Crippen molar-refractivity contribution < 1.29 is 4.79 Å². The fourth-order valence-corrected chi connectivity index (χ4v) is 2.33. The van der Waals surface area contributed by atoms with Crippen LogP contribution < -0.4 is 10.9 Å². The molecular formula is C13H18N2O2. The Labute approximate surface area is 100 Å². The summed E-state index contributed by atoms with van der Waals surface area (Å²) in [7, 11) is 0. The molecular weight excluding hydrogens is 216 g/mol. The zero-order valence-electron chi connectivity index (χ0n) is 10.1. The van der Waals surface area contributed by atoms with E-state index >= 15 is 0 Å². The Morgan fingerprint density at radius 2 is 2.00 bits per heavy atom. The first-order valence-electron chi connectivity index (χ1n) is 6.17. The lowest BCUT2D eigenvalue weighted by molar-refractivity contribution is 0.0927. The minimum atomic E-state index is -0.223. The van der Waals surface area contributed by atoms with E-state index in [9.17, 15) is 9.59 Å². The summed E-state index contributed by atoms with van der Waals surface area (Å²) in [4.78, 5) is 25.9. The van der Waals surface area contributed by atoms with Crippen molar-refractivity contribution in [3.8, 4) is 0 Å². The number of amides is 1. The third kappa shape index (κ3) is 3.19. The van der Waals surface area contributed by atoms with Crippen LogP contribution in [0.5, 0.6) is 0 Å². The molecule has 2 rings (SSSR count). The molecule has 1 aliphatic carbocycles. The number of carbonyl (C=O) groups excluding carboxylic acids is 1. The first-order valence-corrected chi connectivity index (χ1v) is 6.17. The fourth-order valence-electron chi connectivity index (χ4n) is 2.33. The number of aromatic amines is 1.